The van der Waals surface area contributed by atoms with Gasteiger partial charge in [-0.25, -0.2) is 0 Å². The number of anilines is 1. The van der Waals surface area contributed by atoms with Gasteiger partial charge in [0.25, 0.3) is 0 Å². The zero-order valence-corrected chi connectivity index (χ0v) is 18.5. The van der Waals surface area contributed by atoms with Gasteiger partial charge in [-0.3, -0.25) is 14.3 Å². The van der Waals surface area contributed by atoms with Crippen LogP contribution in [-0.2, 0) is 0 Å². The molecule has 2 heterocycles. The van der Waals surface area contributed by atoms with Gasteiger partial charge in [0, 0.05) is 43.4 Å². The van der Waals surface area contributed by atoms with Gasteiger partial charge < -0.3 is 9.64 Å². The first-order valence-electron chi connectivity index (χ1n) is 11.4. The third kappa shape index (κ3) is 3.84. The molecule has 0 aliphatic carbocycles. The van der Waals surface area contributed by atoms with Crippen LogP contribution in [0.15, 0.2) is 72.8 Å². The van der Waals surface area contributed by atoms with Crippen molar-refractivity contribution < 1.29 is 9.53 Å². The molecule has 1 saturated heterocycles. The Labute approximate surface area is 188 Å². The van der Waals surface area contributed by atoms with Crippen LogP contribution in [0.25, 0.3) is 21.8 Å². The van der Waals surface area contributed by atoms with E-state index in [-0.39, 0.29) is 5.91 Å². The summed E-state index contributed by atoms with van der Waals surface area (Å²) in [4.78, 5) is 18.1. The molecule has 5 nitrogen and oxygen atoms in total. The quantitative estimate of drug-likeness (QED) is 0.432. The fraction of sp³-hybridized carbons (Fsp3) is 0.296. The van der Waals surface area contributed by atoms with Gasteiger partial charge in [0.2, 0.25) is 5.91 Å². The largest absolute Gasteiger partial charge is 0.495 e. The van der Waals surface area contributed by atoms with E-state index in [0.717, 1.165) is 72.4 Å². The number of piperazine rings is 1. The van der Waals surface area contributed by atoms with Crippen LogP contribution in [-0.4, -0.2) is 55.2 Å². The Kier molecular flexibility index (Phi) is 5.82. The maximum Gasteiger partial charge on any atom is 0.231 e. The molecule has 1 fully saturated rings. The monoisotopic (exact) mass is 427 g/mol. The van der Waals surface area contributed by atoms with Gasteiger partial charge in [0.1, 0.15) is 5.75 Å². The highest BCUT2D eigenvalue weighted by Gasteiger charge is 2.20. The number of aromatic nitrogens is 1. The molecule has 3 aromatic carbocycles. The Balaban J connectivity index is 1.20. The smallest absolute Gasteiger partial charge is 0.231 e. The number of carbonyl (C=O) groups excluding carboxylic acids is 1. The number of ether oxygens (including phenoxy) is 1. The van der Waals surface area contributed by atoms with Gasteiger partial charge in [-0.1, -0.05) is 48.5 Å². The number of nitrogens with zero attached hydrogens (tertiary/aromatic N) is 3. The molecule has 1 aromatic heterocycles. The van der Waals surface area contributed by atoms with Crippen LogP contribution < -0.4 is 9.64 Å². The van der Waals surface area contributed by atoms with Gasteiger partial charge in [-0.05, 0) is 37.2 Å². The van der Waals surface area contributed by atoms with Gasteiger partial charge in [0.15, 0.2) is 0 Å². The highest BCUT2D eigenvalue weighted by Crippen LogP contribution is 2.30. The van der Waals surface area contributed by atoms with E-state index >= 15 is 0 Å². The third-order valence-corrected chi connectivity index (χ3v) is 6.49. The molecule has 1 aliphatic heterocycles. The SMILES string of the molecule is COc1ccccc1N1CCN(CCCC(=O)n2c3ccccc3c3ccccc32)CC1. The molecule has 0 N–H and O–H groups in total. The summed E-state index contributed by atoms with van der Waals surface area (Å²) < 4.78 is 7.43. The Hall–Kier alpha value is -3.31. The molecule has 164 valence electrons. The highest BCUT2D eigenvalue weighted by molar-refractivity contribution is 6.13. The van der Waals surface area contributed by atoms with Crippen molar-refractivity contribution in [2.45, 2.75) is 12.8 Å². The van der Waals surface area contributed by atoms with Crippen molar-refractivity contribution in [2.75, 3.05) is 44.7 Å². The van der Waals surface area contributed by atoms with Crippen molar-refractivity contribution in [1.29, 1.82) is 0 Å². The minimum absolute atomic E-state index is 0.176. The lowest BCUT2D eigenvalue weighted by molar-refractivity contribution is 0.0904. The lowest BCUT2D eigenvalue weighted by Crippen LogP contribution is -2.46. The molecular weight excluding hydrogens is 398 g/mol. The first-order chi connectivity index (χ1) is 15.8. The van der Waals surface area contributed by atoms with Crippen molar-refractivity contribution in [2.24, 2.45) is 0 Å². The minimum Gasteiger partial charge on any atom is -0.495 e. The summed E-state index contributed by atoms with van der Waals surface area (Å²) in [6.45, 7) is 4.90. The first-order valence-corrected chi connectivity index (χ1v) is 11.4. The summed E-state index contributed by atoms with van der Waals surface area (Å²) in [7, 11) is 1.73. The molecule has 0 amide bonds. The number of fused-ring (bicyclic) bond motifs is 3. The van der Waals surface area contributed by atoms with Crippen molar-refractivity contribution in [3.8, 4) is 5.75 Å². The molecule has 1 aliphatic rings. The molecule has 0 radical (unpaired) electrons. The molecule has 0 atom stereocenters. The van der Waals surface area contributed by atoms with Crippen LogP contribution in [0.3, 0.4) is 0 Å². The molecule has 0 saturated carbocycles. The zero-order valence-electron chi connectivity index (χ0n) is 18.5. The standard InChI is InChI=1S/C27H29N3O2/c1-32-26-14-7-6-13-25(26)29-19-17-28(18-20-29)16-8-15-27(31)30-23-11-4-2-9-21(23)22-10-3-5-12-24(22)30/h2-7,9-14H,8,15-20H2,1H3. The third-order valence-electron chi connectivity index (χ3n) is 6.49. The summed E-state index contributed by atoms with van der Waals surface area (Å²) in [5, 5.41) is 2.29. The molecular formula is C27H29N3O2. The Bertz CT molecular complexity index is 1180. The van der Waals surface area contributed by atoms with Gasteiger partial charge >= 0.3 is 0 Å². The van der Waals surface area contributed by atoms with Crippen molar-refractivity contribution in [3.05, 3.63) is 72.8 Å². The molecule has 32 heavy (non-hydrogen) atoms. The topological polar surface area (TPSA) is 37.7 Å². The maximum absolute atomic E-state index is 13.2. The summed E-state index contributed by atoms with van der Waals surface area (Å²) >= 11 is 0. The summed E-state index contributed by atoms with van der Waals surface area (Å²) in [6, 6.07) is 24.6. The number of para-hydroxylation sites is 4. The normalized spacial score (nSPS) is 14.8. The van der Waals surface area contributed by atoms with Crippen molar-refractivity contribution >= 4 is 33.4 Å². The van der Waals surface area contributed by atoms with Crippen molar-refractivity contribution in [1.82, 2.24) is 9.47 Å². The van der Waals surface area contributed by atoms with E-state index in [2.05, 4.69) is 34.1 Å². The van der Waals surface area contributed by atoms with Crippen molar-refractivity contribution in [3.63, 3.8) is 0 Å². The molecule has 0 unspecified atom stereocenters. The predicted octanol–water partition coefficient (Wildman–Crippen LogP) is 5.05. The Morgan fingerprint density at radius 1 is 0.812 bits per heavy atom. The van der Waals surface area contributed by atoms with E-state index in [1.165, 1.54) is 0 Å². The average Bonchev–Trinajstić information content (AvgIpc) is 3.19. The Morgan fingerprint density at radius 2 is 1.41 bits per heavy atom. The van der Waals surface area contributed by atoms with Crippen LogP contribution in [0.4, 0.5) is 5.69 Å². The molecule has 0 bridgehead atoms. The minimum atomic E-state index is 0.176. The van der Waals surface area contributed by atoms with Crippen LogP contribution >= 0.6 is 0 Å². The van der Waals surface area contributed by atoms with Gasteiger partial charge in [-0.2, -0.15) is 0 Å². The number of benzene rings is 3. The predicted molar refractivity (Wildman–Crippen MR) is 131 cm³/mol. The van der Waals surface area contributed by atoms with Crippen LogP contribution in [0.2, 0.25) is 0 Å². The second-order valence-corrected chi connectivity index (χ2v) is 8.37. The van der Waals surface area contributed by atoms with Crippen LogP contribution in [0.5, 0.6) is 5.75 Å². The highest BCUT2D eigenvalue weighted by atomic mass is 16.5. The lowest BCUT2D eigenvalue weighted by Gasteiger charge is -2.36. The molecule has 5 rings (SSSR count). The van der Waals surface area contributed by atoms with E-state index in [0.29, 0.717) is 6.42 Å². The summed E-state index contributed by atoms with van der Waals surface area (Å²) in [6.07, 6.45) is 1.42. The van der Waals surface area contributed by atoms with Crippen LogP contribution in [0, 0.1) is 0 Å². The molecule has 0 spiro atoms. The first kappa shape index (κ1) is 20.6. The average molecular weight is 428 g/mol. The fourth-order valence-electron chi connectivity index (χ4n) is 4.86. The van der Waals surface area contributed by atoms with Gasteiger partial charge in [-0.15, -0.1) is 0 Å². The number of hydrogen-bond acceptors (Lipinski definition) is 4. The number of carbonyl (C=O) groups is 1. The second-order valence-electron chi connectivity index (χ2n) is 8.37. The summed E-state index contributed by atoms with van der Waals surface area (Å²) in [5.41, 5.74) is 3.17. The number of methoxy groups -OCH3 is 1. The maximum atomic E-state index is 13.2. The second kappa shape index (κ2) is 9.05. The lowest BCUT2D eigenvalue weighted by atomic mass is 10.2. The van der Waals surface area contributed by atoms with E-state index < -0.39 is 0 Å². The molecule has 4 aromatic rings. The number of hydrogen-bond donors (Lipinski definition) is 0. The molecule has 5 heteroatoms. The van der Waals surface area contributed by atoms with E-state index in [4.69, 9.17) is 4.74 Å². The van der Waals surface area contributed by atoms with E-state index in [9.17, 15) is 4.79 Å². The van der Waals surface area contributed by atoms with Gasteiger partial charge in [0.05, 0.1) is 23.8 Å². The van der Waals surface area contributed by atoms with E-state index in [1.807, 2.05) is 53.1 Å². The number of rotatable bonds is 6. The summed E-state index contributed by atoms with van der Waals surface area (Å²) in [5.74, 6) is 1.10. The van der Waals surface area contributed by atoms with Crippen LogP contribution in [0.1, 0.15) is 17.6 Å². The fourth-order valence-corrected chi connectivity index (χ4v) is 4.86. The van der Waals surface area contributed by atoms with E-state index in [1.54, 1.807) is 7.11 Å². The Morgan fingerprint density at radius 3 is 2.06 bits per heavy atom. The zero-order chi connectivity index (χ0) is 21.9.